The minimum absolute atomic E-state index is 0.00214. The zero-order valence-electron chi connectivity index (χ0n) is 14.0. The fourth-order valence-corrected chi connectivity index (χ4v) is 4.36. The zero-order valence-corrected chi connectivity index (χ0v) is 14.9. The number of piperazine rings is 2. The van der Waals surface area contributed by atoms with Crippen molar-refractivity contribution in [2.24, 2.45) is 5.92 Å². The molecule has 126 valence electrons. The van der Waals surface area contributed by atoms with Gasteiger partial charge in [-0.1, -0.05) is 13.8 Å². The molecule has 0 radical (unpaired) electrons. The molecule has 1 N–H and O–H groups in total. The summed E-state index contributed by atoms with van der Waals surface area (Å²) in [6.45, 7) is 9.23. The number of hydrogen-bond donors (Lipinski definition) is 1. The normalized spacial score (nSPS) is 25.7. The van der Waals surface area contributed by atoms with Crippen molar-refractivity contribution in [3.63, 3.8) is 0 Å². The highest BCUT2D eigenvalue weighted by atomic mass is 32.1. The summed E-state index contributed by atoms with van der Waals surface area (Å²) in [6.07, 6.45) is 0.714. The lowest BCUT2D eigenvalue weighted by atomic mass is 9.97. The lowest BCUT2D eigenvalue weighted by molar-refractivity contribution is -0.153. The number of fused-ring (bicyclic) bond motifs is 1. The number of nitrogens with one attached hydrogen (secondary N) is 1. The van der Waals surface area contributed by atoms with Crippen molar-refractivity contribution in [3.8, 4) is 0 Å². The molecule has 0 unspecified atom stereocenters. The van der Waals surface area contributed by atoms with Gasteiger partial charge < -0.3 is 10.2 Å². The van der Waals surface area contributed by atoms with Crippen LogP contribution in [-0.4, -0.2) is 53.3 Å². The summed E-state index contributed by atoms with van der Waals surface area (Å²) in [4.78, 5) is 31.7. The summed E-state index contributed by atoms with van der Waals surface area (Å²) >= 11 is 1.80. The van der Waals surface area contributed by atoms with Crippen LogP contribution in [0.15, 0.2) is 12.1 Å². The van der Waals surface area contributed by atoms with E-state index < -0.39 is 0 Å². The Labute approximate surface area is 141 Å². The van der Waals surface area contributed by atoms with Crippen molar-refractivity contribution in [2.75, 3.05) is 19.6 Å². The number of rotatable bonds is 4. The number of carbonyl (C=O) groups is 2. The first-order valence-corrected chi connectivity index (χ1v) is 9.14. The van der Waals surface area contributed by atoms with E-state index in [1.807, 2.05) is 0 Å². The van der Waals surface area contributed by atoms with Gasteiger partial charge in [-0.15, -0.1) is 11.3 Å². The molecule has 2 aliphatic heterocycles. The lowest BCUT2D eigenvalue weighted by Crippen LogP contribution is -2.69. The third kappa shape index (κ3) is 3.58. The molecular weight excluding hydrogens is 310 g/mol. The van der Waals surface area contributed by atoms with Gasteiger partial charge in [0.05, 0.1) is 0 Å². The highest BCUT2D eigenvalue weighted by Gasteiger charge is 2.43. The zero-order chi connectivity index (χ0) is 16.6. The standard InChI is InChI=1S/C17H25N3O2S/c1-11(2)8-14-17(22)20-7-6-19(10-15(20)16(21)18-14)9-13-5-4-12(3)23-13/h4-5,11,14-15H,6-10H2,1-3H3,(H,18,21)/t14-,15+/m0/s1. The van der Waals surface area contributed by atoms with Crippen LogP contribution in [0.25, 0.3) is 0 Å². The second-order valence-corrected chi connectivity index (χ2v) is 8.36. The van der Waals surface area contributed by atoms with E-state index in [9.17, 15) is 9.59 Å². The van der Waals surface area contributed by atoms with Crippen LogP contribution in [0.5, 0.6) is 0 Å². The molecule has 3 heterocycles. The smallest absolute Gasteiger partial charge is 0.245 e. The van der Waals surface area contributed by atoms with E-state index in [4.69, 9.17) is 0 Å². The first kappa shape index (κ1) is 16.5. The van der Waals surface area contributed by atoms with Gasteiger partial charge in [-0.05, 0) is 31.4 Å². The van der Waals surface area contributed by atoms with Crippen LogP contribution in [-0.2, 0) is 16.1 Å². The number of aryl methyl sites for hydroxylation is 1. The average Bonchev–Trinajstić information content (AvgIpc) is 2.89. The van der Waals surface area contributed by atoms with Gasteiger partial charge in [0, 0.05) is 35.9 Å². The Morgan fingerprint density at radius 2 is 2.09 bits per heavy atom. The Morgan fingerprint density at radius 3 is 2.74 bits per heavy atom. The van der Waals surface area contributed by atoms with E-state index in [1.54, 1.807) is 16.2 Å². The quantitative estimate of drug-likeness (QED) is 0.910. The molecule has 5 nitrogen and oxygen atoms in total. The van der Waals surface area contributed by atoms with Crippen molar-refractivity contribution in [1.82, 2.24) is 15.1 Å². The molecule has 2 amide bonds. The van der Waals surface area contributed by atoms with Gasteiger partial charge in [0.2, 0.25) is 11.8 Å². The molecule has 6 heteroatoms. The summed E-state index contributed by atoms with van der Waals surface area (Å²) in [5.74, 6) is 0.487. The highest BCUT2D eigenvalue weighted by Crippen LogP contribution is 2.22. The molecule has 0 saturated carbocycles. The van der Waals surface area contributed by atoms with E-state index >= 15 is 0 Å². The number of amides is 2. The Hall–Kier alpha value is -1.40. The molecule has 3 rings (SSSR count). The van der Waals surface area contributed by atoms with E-state index in [1.165, 1.54) is 9.75 Å². The van der Waals surface area contributed by atoms with Crippen LogP contribution in [0.4, 0.5) is 0 Å². The average molecular weight is 335 g/mol. The largest absolute Gasteiger partial charge is 0.342 e. The molecular formula is C17H25N3O2S. The van der Waals surface area contributed by atoms with Crippen LogP contribution in [0, 0.1) is 12.8 Å². The van der Waals surface area contributed by atoms with Gasteiger partial charge in [0.25, 0.3) is 0 Å². The molecule has 0 spiro atoms. The maximum atomic E-state index is 12.6. The van der Waals surface area contributed by atoms with Crippen LogP contribution in [0.1, 0.15) is 30.0 Å². The second-order valence-electron chi connectivity index (χ2n) is 6.99. The van der Waals surface area contributed by atoms with Crippen molar-refractivity contribution in [1.29, 1.82) is 0 Å². The predicted molar refractivity (Wildman–Crippen MR) is 91.2 cm³/mol. The Balaban J connectivity index is 1.65. The van der Waals surface area contributed by atoms with Gasteiger partial charge >= 0.3 is 0 Å². The van der Waals surface area contributed by atoms with Crippen molar-refractivity contribution in [2.45, 2.75) is 45.8 Å². The van der Waals surface area contributed by atoms with Crippen LogP contribution in [0.3, 0.4) is 0 Å². The minimum atomic E-state index is -0.342. The maximum absolute atomic E-state index is 12.6. The topological polar surface area (TPSA) is 52.6 Å². The van der Waals surface area contributed by atoms with E-state index in [-0.39, 0.29) is 23.9 Å². The molecule has 2 fully saturated rings. The SMILES string of the molecule is Cc1ccc(CN2CCN3C(=O)[C@H](CC(C)C)NC(=O)[C@H]3C2)s1. The monoisotopic (exact) mass is 335 g/mol. The van der Waals surface area contributed by atoms with Crippen LogP contribution >= 0.6 is 11.3 Å². The molecule has 2 atom stereocenters. The fourth-order valence-electron chi connectivity index (χ4n) is 3.42. The number of nitrogens with zero attached hydrogens (tertiary/aromatic N) is 2. The summed E-state index contributed by atoms with van der Waals surface area (Å²) < 4.78 is 0. The van der Waals surface area contributed by atoms with E-state index in [0.29, 0.717) is 25.4 Å². The molecule has 1 aromatic rings. The van der Waals surface area contributed by atoms with E-state index in [2.05, 4.69) is 43.1 Å². The fraction of sp³-hybridized carbons (Fsp3) is 0.647. The summed E-state index contributed by atoms with van der Waals surface area (Å²) in [5.41, 5.74) is 0. The Kier molecular flexibility index (Phi) is 4.73. The molecule has 2 saturated heterocycles. The second kappa shape index (κ2) is 6.61. The molecule has 23 heavy (non-hydrogen) atoms. The molecule has 0 aliphatic carbocycles. The van der Waals surface area contributed by atoms with Gasteiger partial charge in [-0.3, -0.25) is 14.5 Å². The summed E-state index contributed by atoms with van der Waals surface area (Å²) in [5, 5.41) is 2.93. The molecule has 2 aliphatic rings. The molecule has 1 aromatic heterocycles. The van der Waals surface area contributed by atoms with Crippen LogP contribution in [0.2, 0.25) is 0 Å². The number of carbonyl (C=O) groups excluding carboxylic acids is 2. The van der Waals surface area contributed by atoms with Gasteiger partial charge in [-0.25, -0.2) is 0 Å². The number of hydrogen-bond acceptors (Lipinski definition) is 4. The van der Waals surface area contributed by atoms with Gasteiger partial charge in [-0.2, -0.15) is 0 Å². The van der Waals surface area contributed by atoms with Gasteiger partial charge in [0.1, 0.15) is 12.1 Å². The summed E-state index contributed by atoms with van der Waals surface area (Å²) in [6, 6.07) is 3.60. The van der Waals surface area contributed by atoms with Crippen molar-refractivity contribution in [3.05, 3.63) is 21.9 Å². The number of thiophene rings is 1. The minimum Gasteiger partial charge on any atom is -0.342 e. The Bertz CT molecular complexity index is 598. The first-order valence-electron chi connectivity index (χ1n) is 8.32. The van der Waals surface area contributed by atoms with Gasteiger partial charge in [0.15, 0.2) is 0 Å². The third-order valence-corrected chi connectivity index (χ3v) is 5.53. The highest BCUT2D eigenvalue weighted by molar-refractivity contribution is 7.11. The third-order valence-electron chi connectivity index (χ3n) is 4.55. The Morgan fingerprint density at radius 1 is 1.30 bits per heavy atom. The first-order chi connectivity index (χ1) is 10.9. The predicted octanol–water partition coefficient (Wildman–Crippen LogP) is 1.61. The molecule has 0 aromatic carbocycles. The summed E-state index contributed by atoms with van der Waals surface area (Å²) in [7, 11) is 0. The molecule has 0 bridgehead atoms. The maximum Gasteiger partial charge on any atom is 0.245 e. The van der Waals surface area contributed by atoms with E-state index in [0.717, 1.165) is 13.1 Å². The van der Waals surface area contributed by atoms with Crippen molar-refractivity contribution < 1.29 is 9.59 Å². The van der Waals surface area contributed by atoms with Crippen molar-refractivity contribution >= 4 is 23.2 Å². The lowest BCUT2D eigenvalue weighted by Gasteiger charge is -2.45. The van der Waals surface area contributed by atoms with Crippen LogP contribution < -0.4 is 5.32 Å².